The van der Waals surface area contributed by atoms with Gasteiger partial charge in [-0.05, 0) is 75.2 Å². The third-order valence-electron chi connectivity index (χ3n) is 8.30. The summed E-state index contributed by atoms with van der Waals surface area (Å²) in [5.74, 6) is 1.53. The molecule has 0 atom stereocenters. The molecule has 0 saturated carbocycles. The van der Waals surface area contributed by atoms with Crippen LogP contribution >= 0.6 is 0 Å². The number of imidazole rings is 1. The monoisotopic (exact) mass is 829 g/mol. The smallest absolute Gasteiger partial charge is 0.216 e. The number of fused-ring (bicyclic) bond motifs is 4. The maximum atomic E-state index is 6.19. The van der Waals surface area contributed by atoms with Crippen LogP contribution in [0.2, 0.25) is 19.6 Å². The Morgan fingerprint density at radius 1 is 0.875 bits per heavy atom. The SMILES string of the molecule is CC(C)Cc1cc(-c2[c-]cccc2)ncc1[Si](C)(C)C.Cc1ccc2c(n1)oc1c(-c3nc4ccccc4n3C(C)(C)C)[c-]ccc12.[Ir]. The molecule has 0 aliphatic carbocycles. The number of aryl methyl sites for hydroxylation is 1. The summed E-state index contributed by atoms with van der Waals surface area (Å²) < 4.78 is 8.45. The zero-order valence-corrected chi connectivity index (χ0v) is 32.8. The van der Waals surface area contributed by atoms with E-state index in [1.165, 1.54) is 10.8 Å². The van der Waals surface area contributed by atoms with Crippen molar-refractivity contribution in [2.45, 2.75) is 73.1 Å². The number of benzene rings is 3. The fraction of sp³-hybridized carbons (Fsp3) is 0.293. The van der Waals surface area contributed by atoms with Gasteiger partial charge in [-0.15, -0.1) is 54.1 Å². The van der Waals surface area contributed by atoms with Crippen LogP contribution in [0.25, 0.3) is 55.7 Å². The van der Waals surface area contributed by atoms with Crippen molar-refractivity contribution in [1.29, 1.82) is 0 Å². The topological polar surface area (TPSA) is 56.7 Å². The summed E-state index contributed by atoms with van der Waals surface area (Å²) in [5.41, 5.74) is 8.79. The molecule has 0 N–H and O–H groups in total. The van der Waals surface area contributed by atoms with Crippen LogP contribution in [0.3, 0.4) is 0 Å². The van der Waals surface area contributed by atoms with Crippen LogP contribution in [0.5, 0.6) is 0 Å². The minimum atomic E-state index is -1.34. The van der Waals surface area contributed by atoms with Gasteiger partial charge in [0.1, 0.15) is 0 Å². The van der Waals surface area contributed by atoms with Crippen LogP contribution in [0.1, 0.15) is 45.9 Å². The Bertz CT molecular complexity index is 2190. The van der Waals surface area contributed by atoms with Gasteiger partial charge in [0, 0.05) is 42.9 Å². The summed E-state index contributed by atoms with van der Waals surface area (Å²) >= 11 is 0. The molecule has 249 valence electrons. The molecule has 0 saturated heterocycles. The molecule has 7 aromatic rings. The van der Waals surface area contributed by atoms with E-state index >= 15 is 0 Å². The Morgan fingerprint density at radius 2 is 1.62 bits per heavy atom. The number of para-hydroxylation sites is 2. The summed E-state index contributed by atoms with van der Waals surface area (Å²) in [7, 11) is -1.34. The van der Waals surface area contributed by atoms with Crippen molar-refractivity contribution in [2.75, 3.05) is 0 Å². The van der Waals surface area contributed by atoms with E-state index in [1.54, 1.807) is 0 Å². The first kappa shape index (κ1) is 35.4. The van der Waals surface area contributed by atoms with Crippen molar-refractivity contribution in [3.63, 3.8) is 0 Å². The predicted molar refractivity (Wildman–Crippen MR) is 199 cm³/mol. The largest absolute Gasteiger partial charge is 0.486 e. The Morgan fingerprint density at radius 3 is 2.31 bits per heavy atom. The van der Waals surface area contributed by atoms with E-state index in [9.17, 15) is 0 Å². The summed E-state index contributed by atoms with van der Waals surface area (Å²) in [4.78, 5) is 14.2. The fourth-order valence-corrected chi connectivity index (χ4v) is 7.82. The van der Waals surface area contributed by atoms with Crippen molar-refractivity contribution >= 4 is 46.4 Å². The summed E-state index contributed by atoms with van der Waals surface area (Å²) in [5, 5.41) is 3.55. The third-order valence-corrected chi connectivity index (χ3v) is 10.4. The molecular weight excluding hydrogens is 785 g/mol. The van der Waals surface area contributed by atoms with E-state index in [4.69, 9.17) is 9.40 Å². The summed E-state index contributed by atoms with van der Waals surface area (Å²) in [6.45, 7) is 20.3. The van der Waals surface area contributed by atoms with Gasteiger partial charge in [-0.25, -0.2) is 4.98 Å². The summed E-state index contributed by atoms with van der Waals surface area (Å²) in [6, 6.07) is 33.3. The fourth-order valence-electron chi connectivity index (χ4n) is 6.23. The van der Waals surface area contributed by atoms with Gasteiger partial charge in [-0.2, -0.15) is 0 Å². The molecule has 0 unspecified atom stereocenters. The zero-order chi connectivity index (χ0) is 33.5. The average molecular weight is 829 g/mol. The Balaban J connectivity index is 0.000000193. The number of rotatable bonds is 5. The van der Waals surface area contributed by atoms with Crippen LogP contribution in [0, 0.1) is 25.0 Å². The van der Waals surface area contributed by atoms with Gasteiger partial charge in [0.2, 0.25) is 5.71 Å². The Labute approximate surface area is 299 Å². The quantitative estimate of drug-likeness (QED) is 0.128. The molecule has 0 aliphatic rings. The van der Waals surface area contributed by atoms with Gasteiger partial charge in [-0.1, -0.05) is 68.2 Å². The maximum absolute atomic E-state index is 6.19. The minimum Gasteiger partial charge on any atom is -0.486 e. The Kier molecular flexibility index (Phi) is 10.3. The number of furan rings is 1. The van der Waals surface area contributed by atoms with Crippen molar-refractivity contribution < 1.29 is 24.5 Å². The summed E-state index contributed by atoms with van der Waals surface area (Å²) in [6.07, 6.45) is 3.24. The normalized spacial score (nSPS) is 12.0. The van der Waals surface area contributed by atoms with Gasteiger partial charge in [-0.3, -0.25) is 4.98 Å². The maximum Gasteiger partial charge on any atom is 0.216 e. The molecule has 0 fully saturated rings. The van der Waals surface area contributed by atoms with Gasteiger partial charge in [0.15, 0.2) is 0 Å². The van der Waals surface area contributed by atoms with Gasteiger partial charge in [0.25, 0.3) is 0 Å². The van der Waals surface area contributed by atoms with Crippen LogP contribution in [-0.2, 0) is 32.1 Å². The van der Waals surface area contributed by atoms with E-state index < -0.39 is 8.07 Å². The molecule has 0 bridgehead atoms. The number of hydrogen-bond acceptors (Lipinski definition) is 4. The molecule has 7 rings (SSSR count). The van der Waals surface area contributed by atoms with E-state index in [-0.39, 0.29) is 25.6 Å². The Hall–Kier alpha value is -3.90. The van der Waals surface area contributed by atoms with E-state index in [2.05, 4.69) is 111 Å². The third kappa shape index (κ3) is 7.24. The molecule has 1 radical (unpaired) electrons. The number of hydrogen-bond donors (Lipinski definition) is 0. The van der Waals surface area contributed by atoms with Crippen molar-refractivity contribution in [3.8, 4) is 22.6 Å². The molecule has 3 aromatic carbocycles. The second-order valence-corrected chi connectivity index (χ2v) is 19.8. The van der Waals surface area contributed by atoms with Crippen LogP contribution < -0.4 is 5.19 Å². The second kappa shape index (κ2) is 13.9. The van der Waals surface area contributed by atoms with Crippen molar-refractivity contribution in [1.82, 2.24) is 19.5 Å². The number of aromatic nitrogens is 4. The molecule has 48 heavy (non-hydrogen) atoms. The molecule has 4 heterocycles. The number of pyridine rings is 2. The van der Waals surface area contributed by atoms with Crippen LogP contribution in [0.4, 0.5) is 0 Å². The van der Waals surface area contributed by atoms with E-state index in [0.717, 1.165) is 62.1 Å². The predicted octanol–water partition coefficient (Wildman–Crippen LogP) is 10.2. The minimum absolute atomic E-state index is 0. The van der Waals surface area contributed by atoms with Crippen LogP contribution in [0.15, 0.2) is 89.5 Å². The molecule has 0 amide bonds. The second-order valence-electron chi connectivity index (χ2n) is 14.8. The standard InChI is InChI=1S/C23H20N3O.C18H24NSi.Ir/c1-14-12-13-16-15-8-7-9-17(20(15)27-22(16)24-14)21-25-18-10-5-6-11-19(18)26(21)23(2,3)4;1-14(2)11-16-12-17(15-9-7-6-8-10-15)19-13-18(16)20(3,4)5;/h5-8,10-13H,1-4H3;6-9,12-14H,11H2,1-5H3;/q2*-1;. The molecule has 0 aliphatic heterocycles. The van der Waals surface area contributed by atoms with E-state index in [1.807, 2.05) is 61.5 Å². The molecule has 7 heteroatoms. The zero-order valence-electron chi connectivity index (χ0n) is 29.4. The van der Waals surface area contributed by atoms with Gasteiger partial charge in [0.05, 0.1) is 30.5 Å². The van der Waals surface area contributed by atoms with Crippen molar-refractivity contribution in [2.24, 2.45) is 5.92 Å². The molecular formula is C41H44IrN4OSi-2. The number of nitrogens with zero attached hydrogens (tertiary/aromatic N) is 4. The molecule has 5 nitrogen and oxygen atoms in total. The van der Waals surface area contributed by atoms with Crippen molar-refractivity contribution in [3.05, 3.63) is 108 Å². The first-order valence-corrected chi connectivity index (χ1v) is 20.0. The van der Waals surface area contributed by atoms with E-state index in [0.29, 0.717) is 11.6 Å². The molecule has 4 aromatic heterocycles. The van der Waals surface area contributed by atoms with Gasteiger partial charge >= 0.3 is 0 Å². The first-order valence-electron chi connectivity index (χ1n) is 16.5. The molecule has 0 spiro atoms. The first-order chi connectivity index (χ1) is 22.3. The van der Waals surface area contributed by atoms with Gasteiger partial charge < -0.3 is 14.0 Å². The van der Waals surface area contributed by atoms with Crippen LogP contribution in [-0.4, -0.2) is 27.6 Å². The average Bonchev–Trinajstić information content (AvgIpc) is 3.59.